The van der Waals surface area contributed by atoms with Crippen LogP contribution in [0.4, 0.5) is 0 Å². The molecule has 0 fully saturated rings. The molecule has 166 valence electrons. The van der Waals surface area contributed by atoms with Gasteiger partial charge in [-0.1, -0.05) is 42.3 Å². The lowest BCUT2D eigenvalue weighted by Gasteiger charge is -2.25. The van der Waals surface area contributed by atoms with Crippen molar-refractivity contribution < 1.29 is 9.47 Å². The van der Waals surface area contributed by atoms with Gasteiger partial charge in [0, 0.05) is 18.2 Å². The molecule has 1 atom stereocenters. The zero-order valence-electron chi connectivity index (χ0n) is 18.3. The number of terminal acetylenes is 1. The fourth-order valence-corrected chi connectivity index (χ4v) is 4.05. The van der Waals surface area contributed by atoms with E-state index in [1.807, 2.05) is 60.9 Å². The number of ether oxygens (including phenoxy) is 2. The number of amidine groups is 1. The Bertz CT molecular complexity index is 1210. The fourth-order valence-electron chi connectivity index (χ4n) is 4.05. The van der Waals surface area contributed by atoms with Crippen LogP contribution < -0.4 is 5.43 Å². The summed E-state index contributed by atoms with van der Waals surface area (Å²) in [7, 11) is 1.68. The Labute approximate surface area is 192 Å². The van der Waals surface area contributed by atoms with Crippen LogP contribution in [-0.4, -0.2) is 59.2 Å². The van der Waals surface area contributed by atoms with Gasteiger partial charge in [0.15, 0.2) is 5.84 Å². The van der Waals surface area contributed by atoms with Crippen LogP contribution in [0.5, 0.6) is 0 Å². The third kappa shape index (κ3) is 3.95. The van der Waals surface area contributed by atoms with Crippen LogP contribution in [-0.2, 0) is 16.0 Å². The van der Waals surface area contributed by atoms with E-state index in [1.54, 1.807) is 7.11 Å². The second-order valence-electron chi connectivity index (χ2n) is 7.64. The van der Waals surface area contributed by atoms with Gasteiger partial charge in [0.2, 0.25) is 5.90 Å². The molecular formula is C25H24N6O2. The molecule has 3 aliphatic rings. The largest absolute Gasteiger partial charge is 0.474 e. The van der Waals surface area contributed by atoms with Crippen molar-refractivity contribution >= 4 is 11.7 Å². The van der Waals surface area contributed by atoms with Crippen molar-refractivity contribution in [2.24, 2.45) is 10.1 Å². The molecule has 2 aromatic carbocycles. The van der Waals surface area contributed by atoms with Crippen LogP contribution in [0.25, 0.3) is 5.69 Å². The molecule has 0 radical (unpaired) electrons. The Balaban J connectivity index is 0.000000332. The van der Waals surface area contributed by atoms with Crippen LogP contribution in [0.2, 0.25) is 0 Å². The number of hydrogen-bond acceptors (Lipinski definition) is 7. The molecule has 3 aliphatic heterocycles. The highest BCUT2D eigenvalue weighted by atomic mass is 16.5. The SMILES string of the molecule is C#Cc1ccc2c(c1)C1=NNC(COC)N1Cc1c(C3=NCCO3)ncn1-2.c1ccccc1. The summed E-state index contributed by atoms with van der Waals surface area (Å²) >= 11 is 0. The summed E-state index contributed by atoms with van der Waals surface area (Å²) in [6, 6.07) is 17.9. The zero-order valence-corrected chi connectivity index (χ0v) is 18.3. The lowest BCUT2D eigenvalue weighted by molar-refractivity contribution is 0.118. The highest BCUT2D eigenvalue weighted by Gasteiger charge is 2.36. The molecule has 0 saturated carbocycles. The van der Waals surface area contributed by atoms with E-state index in [0.717, 1.165) is 34.0 Å². The van der Waals surface area contributed by atoms with Crippen molar-refractivity contribution in [2.45, 2.75) is 12.7 Å². The van der Waals surface area contributed by atoms with Gasteiger partial charge in [0.05, 0.1) is 31.1 Å². The highest BCUT2D eigenvalue weighted by Crippen LogP contribution is 2.30. The summed E-state index contributed by atoms with van der Waals surface area (Å²) in [5.41, 5.74) is 7.66. The number of fused-ring (bicyclic) bond motifs is 5. The molecule has 33 heavy (non-hydrogen) atoms. The highest BCUT2D eigenvalue weighted by molar-refractivity contribution is 6.04. The molecule has 0 aliphatic carbocycles. The smallest absolute Gasteiger partial charge is 0.237 e. The molecule has 1 unspecified atom stereocenters. The predicted octanol–water partition coefficient (Wildman–Crippen LogP) is 2.37. The van der Waals surface area contributed by atoms with Crippen molar-refractivity contribution in [1.82, 2.24) is 19.9 Å². The van der Waals surface area contributed by atoms with Crippen molar-refractivity contribution in [3.8, 4) is 18.0 Å². The lowest BCUT2D eigenvalue weighted by Crippen LogP contribution is -2.42. The van der Waals surface area contributed by atoms with E-state index in [4.69, 9.17) is 15.9 Å². The molecule has 1 aromatic heterocycles. The minimum atomic E-state index is -0.0759. The summed E-state index contributed by atoms with van der Waals surface area (Å²) < 4.78 is 13.1. The summed E-state index contributed by atoms with van der Waals surface area (Å²) in [5, 5.41) is 4.57. The van der Waals surface area contributed by atoms with Crippen LogP contribution in [0, 0.1) is 12.3 Å². The van der Waals surface area contributed by atoms with Gasteiger partial charge in [-0.25, -0.2) is 9.98 Å². The monoisotopic (exact) mass is 440 g/mol. The molecular weight excluding hydrogens is 416 g/mol. The van der Waals surface area contributed by atoms with E-state index < -0.39 is 0 Å². The quantitative estimate of drug-likeness (QED) is 0.633. The van der Waals surface area contributed by atoms with Gasteiger partial charge >= 0.3 is 0 Å². The lowest BCUT2D eigenvalue weighted by atomic mass is 10.1. The predicted molar refractivity (Wildman–Crippen MR) is 126 cm³/mol. The average molecular weight is 441 g/mol. The number of nitrogens with one attached hydrogen (secondary N) is 1. The maximum absolute atomic E-state index is 5.67. The Kier molecular flexibility index (Phi) is 5.79. The third-order valence-electron chi connectivity index (χ3n) is 5.60. The van der Waals surface area contributed by atoms with E-state index in [2.05, 4.69) is 35.9 Å². The number of aliphatic imine (C=N–C) groups is 1. The van der Waals surface area contributed by atoms with Crippen molar-refractivity contribution in [3.05, 3.63) is 83.4 Å². The third-order valence-corrected chi connectivity index (χ3v) is 5.60. The van der Waals surface area contributed by atoms with Gasteiger partial charge in [0.25, 0.3) is 0 Å². The number of hydrogen-bond donors (Lipinski definition) is 1. The minimum absolute atomic E-state index is 0.0759. The number of aromatic nitrogens is 2. The molecule has 0 spiro atoms. The molecule has 4 heterocycles. The normalized spacial score (nSPS) is 17.6. The van der Waals surface area contributed by atoms with E-state index in [-0.39, 0.29) is 6.17 Å². The summed E-state index contributed by atoms with van der Waals surface area (Å²) in [6.07, 6.45) is 7.36. The number of benzene rings is 2. The van der Waals surface area contributed by atoms with Crippen LogP contribution in [0.1, 0.15) is 22.5 Å². The van der Waals surface area contributed by atoms with Crippen molar-refractivity contribution in [1.29, 1.82) is 0 Å². The maximum atomic E-state index is 5.67. The molecule has 0 amide bonds. The van der Waals surface area contributed by atoms with Crippen LogP contribution >= 0.6 is 0 Å². The van der Waals surface area contributed by atoms with Gasteiger partial charge < -0.3 is 14.4 Å². The van der Waals surface area contributed by atoms with E-state index >= 15 is 0 Å². The maximum Gasteiger partial charge on any atom is 0.237 e. The van der Waals surface area contributed by atoms with Crippen LogP contribution in [0.15, 0.2) is 71.0 Å². The molecule has 8 nitrogen and oxygen atoms in total. The Morgan fingerprint density at radius 2 is 2.00 bits per heavy atom. The van der Waals surface area contributed by atoms with Gasteiger partial charge in [-0.05, 0) is 18.2 Å². The van der Waals surface area contributed by atoms with E-state index in [0.29, 0.717) is 32.2 Å². The number of imidazole rings is 1. The Morgan fingerprint density at radius 3 is 2.67 bits per heavy atom. The molecule has 8 heteroatoms. The van der Waals surface area contributed by atoms with E-state index in [9.17, 15) is 0 Å². The summed E-state index contributed by atoms with van der Waals surface area (Å²) in [6.45, 7) is 2.35. The zero-order chi connectivity index (χ0) is 22.6. The second kappa shape index (κ2) is 9.18. The number of hydrazone groups is 1. The average Bonchev–Trinajstić information content (AvgIpc) is 3.60. The van der Waals surface area contributed by atoms with E-state index in [1.165, 1.54) is 0 Å². The number of rotatable bonds is 3. The standard InChI is InChI=1S/C19H18N6O2.C6H6/c1-3-12-4-5-14-13(8-12)18-23-22-16(10-26-2)24(18)9-15-17(21-11-25(14)15)19-20-6-7-27-19;1-2-4-6-5-3-1/h1,4-5,8,11,16,22H,6-7,9-10H2,2H3;1-6H. The van der Waals surface area contributed by atoms with Crippen molar-refractivity contribution in [3.63, 3.8) is 0 Å². The first-order chi connectivity index (χ1) is 16.3. The fraction of sp³-hybridized carbons (Fsp3) is 0.240. The second-order valence-corrected chi connectivity index (χ2v) is 7.64. The number of methoxy groups -OCH3 is 1. The Hall–Kier alpha value is -4.09. The summed E-state index contributed by atoms with van der Waals surface area (Å²) in [4.78, 5) is 11.2. The van der Waals surface area contributed by atoms with Gasteiger partial charge in [-0.2, -0.15) is 5.10 Å². The topological polar surface area (TPSA) is 76.3 Å². The van der Waals surface area contributed by atoms with Gasteiger partial charge in [0.1, 0.15) is 24.8 Å². The summed E-state index contributed by atoms with van der Waals surface area (Å²) in [5.74, 6) is 4.14. The molecule has 1 N–H and O–H groups in total. The van der Waals surface area contributed by atoms with Crippen LogP contribution in [0.3, 0.4) is 0 Å². The minimum Gasteiger partial charge on any atom is -0.474 e. The molecule has 0 bridgehead atoms. The van der Waals surface area contributed by atoms with Gasteiger partial charge in [-0.15, -0.1) is 6.42 Å². The first kappa shape index (κ1) is 20.8. The first-order valence-electron chi connectivity index (χ1n) is 10.7. The van der Waals surface area contributed by atoms with Crippen molar-refractivity contribution in [2.75, 3.05) is 26.9 Å². The van der Waals surface area contributed by atoms with Gasteiger partial charge in [-0.3, -0.25) is 9.99 Å². The first-order valence-corrected chi connectivity index (χ1v) is 10.7. The number of nitrogens with zero attached hydrogens (tertiary/aromatic N) is 5. The molecule has 0 saturated heterocycles. The molecule has 3 aromatic rings. The Morgan fingerprint density at radius 1 is 1.21 bits per heavy atom. The molecule has 6 rings (SSSR count).